The van der Waals surface area contributed by atoms with Crippen LogP contribution in [0.2, 0.25) is 0 Å². The third-order valence-corrected chi connectivity index (χ3v) is 4.40. The van der Waals surface area contributed by atoms with E-state index >= 15 is 0 Å². The molecule has 3 heterocycles. The molecule has 29 heavy (non-hydrogen) atoms. The fraction of sp³-hybridized carbons (Fsp3) is 0.211. The molecule has 148 valence electrons. The lowest BCUT2D eigenvalue weighted by atomic mass is 10.1. The standard InChI is InChI=1S/C19H15F3N6O/c20-19(21,22)16-7-13(6-15(26-16)11-3-4-11)18-25-10-28(27-18)9-14(17(23)29)12-2-1-5-24-8-12/h1-2,5-11H,3-4H2,(H2,23,29)/b14-9+. The van der Waals surface area contributed by atoms with Crippen LogP contribution in [0.3, 0.4) is 0 Å². The molecule has 0 aliphatic heterocycles. The van der Waals surface area contributed by atoms with Crippen LogP contribution in [-0.2, 0) is 11.0 Å². The number of primary amides is 1. The summed E-state index contributed by atoms with van der Waals surface area (Å²) in [5.41, 5.74) is 5.67. The Morgan fingerprint density at radius 3 is 2.69 bits per heavy atom. The number of nitrogens with zero attached hydrogens (tertiary/aromatic N) is 5. The molecule has 0 saturated heterocycles. The molecule has 2 N–H and O–H groups in total. The van der Waals surface area contributed by atoms with Gasteiger partial charge in [-0.2, -0.15) is 13.2 Å². The third-order valence-electron chi connectivity index (χ3n) is 4.40. The summed E-state index contributed by atoms with van der Waals surface area (Å²) in [7, 11) is 0. The minimum Gasteiger partial charge on any atom is -0.366 e. The van der Waals surface area contributed by atoms with Crippen molar-refractivity contribution >= 4 is 17.7 Å². The quantitative estimate of drug-likeness (QED) is 0.664. The van der Waals surface area contributed by atoms with Gasteiger partial charge in [0.1, 0.15) is 12.0 Å². The number of nitrogens with two attached hydrogens (primary N) is 1. The van der Waals surface area contributed by atoms with Gasteiger partial charge < -0.3 is 5.73 Å². The van der Waals surface area contributed by atoms with Crippen LogP contribution < -0.4 is 5.73 Å². The summed E-state index contributed by atoms with van der Waals surface area (Å²) in [4.78, 5) is 23.6. The SMILES string of the molecule is NC(=O)/C(=C/n1cnc(-c2cc(C3CC3)nc(C(F)(F)F)c2)n1)c1cccnc1. The number of amides is 1. The highest BCUT2D eigenvalue weighted by Gasteiger charge is 2.35. The van der Waals surface area contributed by atoms with Gasteiger partial charge in [0.15, 0.2) is 5.82 Å². The Kier molecular flexibility index (Phi) is 4.61. The van der Waals surface area contributed by atoms with E-state index in [0.29, 0.717) is 11.3 Å². The molecule has 1 aliphatic rings. The lowest BCUT2D eigenvalue weighted by Crippen LogP contribution is -2.14. The number of hydrogen-bond acceptors (Lipinski definition) is 5. The smallest absolute Gasteiger partial charge is 0.366 e. The van der Waals surface area contributed by atoms with Crippen LogP contribution in [0.25, 0.3) is 23.2 Å². The fourth-order valence-electron chi connectivity index (χ4n) is 2.82. The van der Waals surface area contributed by atoms with E-state index < -0.39 is 17.8 Å². The zero-order chi connectivity index (χ0) is 20.6. The summed E-state index contributed by atoms with van der Waals surface area (Å²) >= 11 is 0. The number of pyridine rings is 2. The lowest BCUT2D eigenvalue weighted by Gasteiger charge is -2.09. The van der Waals surface area contributed by atoms with Crippen molar-refractivity contribution in [1.29, 1.82) is 0 Å². The van der Waals surface area contributed by atoms with E-state index in [1.807, 2.05) is 0 Å². The van der Waals surface area contributed by atoms with Crippen molar-refractivity contribution in [2.75, 3.05) is 0 Å². The minimum absolute atomic E-state index is 0.0325. The van der Waals surface area contributed by atoms with Gasteiger partial charge in [-0.3, -0.25) is 9.78 Å². The first-order chi connectivity index (χ1) is 13.8. The first-order valence-corrected chi connectivity index (χ1v) is 8.74. The molecule has 0 unspecified atom stereocenters. The third kappa shape index (κ3) is 4.15. The van der Waals surface area contributed by atoms with Crippen LogP contribution in [0, 0.1) is 0 Å². The second kappa shape index (κ2) is 7.12. The number of hydrogen-bond donors (Lipinski definition) is 1. The first kappa shape index (κ1) is 18.8. The molecule has 4 rings (SSSR count). The Labute approximate surface area is 163 Å². The normalized spacial score (nSPS) is 14.8. The van der Waals surface area contributed by atoms with Crippen LogP contribution in [-0.4, -0.2) is 30.6 Å². The van der Waals surface area contributed by atoms with E-state index in [1.165, 1.54) is 23.4 Å². The van der Waals surface area contributed by atoms with Crippen LogP contribution in [0.4, 0.5) is 13.2 Å². The lowest BCUT2D eigenvalue weighted by molar-refractivity contribution is -0.141. The molecule has 0 aromatic carbocycles. The number of carbonyl (C=O) groups is 1. The second-order valence-electron chi connectivity index (χ2n) is 6.63. The molecule has 0 atom stereocenters. The Morgan fingerprint density at radius 2 is 2.07 bits per heavy atom. The van der Waals surface area contributed by atoms with Gasteiger partial charge in [-0.05, 0) is 31.0 Å². The molecule has 0 radical (unpaired) electrons. The molecule has 7 nitrogen and oxygen atoms in total. The van der Waals surface area contributed by atoms with E-state index in [1.54, 1.807) is 24.4 Å². The second-order valence-corrected chi connectivity index (χ2v) is 6.63. The summed E-state index contributed by atoms with van der Waals surface area (Å²) in [6.45, 7) is 0. The Bertz CT molecular complexity index is 1090. The maximum atomic E-state index is 13.2. The number of rotatable bonds is 5. The summed E-state index contributed by atoms with van der Waals surface area (Å²) in [5, 5.41) is 4.18. The molecule has 3 aromatic heterocycles. The molecule has 3 aromatic rings. The molecule has 0 bridgehead atoms. The zero-order valence-electron chi connectivity index (χ0n) is 15.0. The number of carbonyl (C=O) groups excluding carboxylic acids is 1. The topological polar surface area (TPSA) is 99.6 Å². The molecular weight excluding hydrogens is 385 g/mol. The van der Waals surface area contributed by atoms with Crippen molar-refractivity contribution in [3.8, 4) is 11.4 Å². The summed E-state index contributed by atoms with van der Waals surface area (Å²) in [6.07, 6.45) is 2.71. The molecule has 10 heteroatoms. The van der Waals surface area contributed by atoms with Crippen molar-refractivity contribution < 1.29 is 18.0 Å². The Balaban J connectivity index is 1.72. The molecule has 1 amide bonds. The molecular formula is C19H15F3N6O. The van der Waals surface area contributed by atoms with E-state index in [0.717, 1.165) is 18.9 Å². The molecule has 1 fully saturated rings. The highest BCUT2D eigenvalue weighted by molar-refractivity contribution is 6.22. The number of aromatic nitrogens is 5. The van der Waals surface area contributed by atoms with Gasteiger partial charge in [0.25, 0.3) is 5.91 Å². The average molecular weight is 400 g/mol. The minimum atomic E-state index is -4.57. The monoisotopic (exact) mass is 400 g/mol. The van der Waals surface area contributed by atoms with Crippen LogP contribution in [0.5, 0.6) is 0 Å². The Hall–Kier alpha value is -3.56. The van der Waals surface area contributed by atoms with Gasteiger partial charge in [-0.25, -0.2) is 14.6 Å². The maximum absolute atomic E-state index is 13.2. The largest absolute Gasteiger partial charge is 0.433 e. The van der Waals surface area contributed by atoms with Gasteiger partial charge >= 0.3 is 6.18 Å². The predicted molar refractivity (Wildman–Crippen MR) is 97.8 cm³/mol. The maximum Gasteiger partial charge on any atom is 0.433 e. The fourth-order valence-corrected chi connectivity index (χ4v) is 2.82. The highest BCUT2D eigenvalue weighted by atomic mass is 19.4. The van der Waals surface area contributed by atoms with E-state index in [9.17, 15) is 18.0 Å². The van der Waals surface area contributed by atoms with Crippen molar-refractivity contribution in [3.63, 3.8) is 0 Å². The zero-order valence-corrected chi connectivity index (χ0v) is 15.0. The van der Waals surface area contributed by atoms with E-state index in [2.05, 4.69) is 20.1 Å². The van der Waals surface area contributed by atoms with Crippen molar-refractivity contribution in [2.45, 2.75) is 24.9 Å². The molecule has 1 aliphatic carbocycles. The summed E-state index contributed by atoms with van der Waals surface area (Å²) < 4.78 is 40.9. The van der Waals surface area contributed by atoms with E-state index in [4.69, 9.17) is 5.73 Å². The molecule has 0 spiro atoms. The van der Waals surface area contributed by atoms with Gasteiger partial charge in [-0.15, -0.1) is 5.10 Å². The van der Waals surface area contributed by atoms with Crippen molar-refractivity contribution in [2.24, 2.45) is 5.73 Å². The van der Waals surface area contributed by atoms with E-state index in [-0.39, 0.29) is 22.9 Å². The highest BCUT2D eigenvalue weighted by Crippen LogP contribution is 2.41. The summed E-state index contributed by atoms with van der Waals surface area (Å²) in [6, 6.07) is 5.80. The number of alkyl halides is 3. The van der Waals surface area contributed by atoms with Gasteiger partial charge in [-0.1, -0.05) is 6.07 Å². The van der Waals surface area contributed by atoms with Gasteiger partial charge in [0.05, 0.1) is 5.57 Å². The molecule has 1 saturated carbocycles. The van der Waals surface area contributed by atoms with Crippen LogP contribution in [0.1, 0.15) is 35.7 Å². The van der Waals surface area contributed by atoms with Gasteiger partial charge in [0.2, 0.25) is 0 Å². The Morgan fingerprint density at radius 1 is 1.28 bits per heavy atom. The van der Waals surface area contributed by atoms with Crippen molar-refractivity contribution in [3.05, 3.63) is 59.9 Å². The number of halogens is 3. The first-order valence-electron chi connectivity index (χ1n) is 8.74. The summed E-state index contributed by atoms with van der Waals surface area (Å²) in [5.74, 6) is -0.578. The van der Waals surface area contributed by atoms with Crippen LogP contribution in [0.15, 0.2) is 43.0 Å². The predicted octanol–water partition coefficient (Wildman–Crippen LogP) is 3.11. The van der Waals surface area contributed by atoms with Crippen LogP contribution >= 0.6 is 0 Å². The van der Waals surface area contributed by atoms with Gasteiger partial charge in [0, 0.05) is 41.3 Å². The average Bonchev–Trinajstić information content (AvgIpc) is 3.44. The van der Waals surface area contributed by atoms with Crippen molar-refractivity contribution in [1.82, 2.24) is 24.7 Å².